The highest BCUT2D eigenvalue weighted by atomic mass is 16.1. The Morgan fingerprint density at radius 3 is 1.97 bits per heavy atom. The largest absolute Gasteiger partial charge is 0.289 e. The van der Waals surface area contributed by atoms with E-state index in [9.17, 15) is 9.59 Å². The molecule has 180 valence electrons. The Balaban J connectivity index is 1.77. The molecule has 2 nitrogen and oxygen atoms in total. The SMILES string of the molecule is CC1=C(/C=C/C(C)=C/CCC(C)CCCC(C)CCCC(C)C)C(=O)c2ccccc2C1=O. The van der Waals surface area contributed by atoms with Crippen molar-refractivity contribution < 1.29 is 9.59 Å². The predicted molar refractivity (Wildman–Crippen MR) is 141 cm³/mol. The molecule has 2 heteroatoms. The maximum Gasteiger partial charge on any atom is 0.194 e. The van der Waals surface area contributed by atoms with Gasteiger partial charge < -0.3 is 0 Å². The molecule has 2 rings (SSSR count). The molecule has 0 saturated carbocycles. The van der Waals surface area contributed by atoms with Crippen molar-refractivity contribution in [1.82, 2.24) is 0 Å². The summed E-state index contributed by atoms with van der Waals surface area (Å²) < 4.78 is 0. The van der Waals surface area contributed by atoms with E-state index in [2.05, 4.69) is 40.7 Å². The number of allylic oxidation sites excluding steroid dienone is 6. The third-order valence-electron chi connectivity index (χ3n) is 6.92. The summed E-state index contributed by atoms with van der Waals surface area (Å²) >= 11 is 0. The van der Waals surface area contributed by atoms with Gasteiger partial charge in [0.1, 0.15) is 0 Å². The summed E-state index contributed by atoms with van der Waals surface area (Å²) in [4.78, 5) is 25.5. The van der Waals surface area contributed by atoms with Gasteiger partial charge in [-0.1, -0.05) is 114 Å². The molecule has 0 amide bonds. The number of carbonyl (C=O) groups excluding carboxylic acids is 2. The Hall–Kier alpha value is -2.22. The van der Waals surface area contributed by atoms with Gasteiger partial charge in [-0.05, 0) is 44.4 Å². The predicted octanol–water partition coefficient (Wildman–Crippen LogP) is 8.93. The zero-order valence-corrected chi connectivity index (χ0v) is 21.7. The van der Waals surface area contributed by atoms with E-state index in [0.717, 1.165) is 29.7 Å². The van der Waals surface area contributed by atoms with Crippen LogP contribution in [0.25, 0.3) is 0 Å². The van der Waals surface area contributed by atoms with Crippen molar-refractivity contribution in [3.63, 3.8) is 0 Å². The first-order chi connectivity index (χ1) is 15.7. The molecule has 1 aliphatic carbocycles. The third-order valence-corrected chi connectivity index (χ3v) is 6.92. The molecule has 33 heavy (non-hydrogen) atoms. The Labute approximate surface area is 202 Å². The minimum Gasteiger partial charge on any atom is -0.289 e. The molecule has 0 N–H and O–H groups in total. The summed E-state index contributed by atoms with van der Waals surface area (Å²) in [6.07, 6.45) is 16.4. The number of hydrogen-bond donors (Lipinski definition) is 0. The lowest BCUT2D eigenvalue weighted by atomic mass is 9.84. The van der Waals surface area contributed by atoms with E-state index in [1.165, 1.54) is 44.9 Å². The fraction of sp³-hybridized carbons (Fsp3) is 0.548. The molecule has 0 bridgehead atoms. The zero-order chi connectivity index (χ0) is 24.4. The minimum atomic E-state index is -0.0567. The first-order valence-electron chi connectivity index (χ1n) is 12.9. The van der Waals surface area contributed by atoms with Crippen molar-refractivity contribution in [3.8, 4) is 0 Å². The summed E-state index contributed by atoms with van der Waals surface area (Å²) in [5.41, 5.74) is 3.22. The van der Waals surface area contributed by atoms with Gasteiger partial charge in [-0.2, -0.15) is 0 Å². The van der Waals surface area contributed by atoms with Crippen LogP contribution in [0.1, 0.15) is 114 Å². The number of fused-ring (bicyclic) bond motifs is 1. The standard InChI is InChI=1S/C31H44O2/c1-22(2)12-9-13-23(3)14-10-15-24(4)16-11-17-25(5)20-21-27-26(6)30(32)28-18-7-8-19-29(28)31(27)33/h7-8,17-24H,9-16H2,1-6H3/b21-20+,25-17+. The zero-order valence-electron chi connectivity index (χ0n) is 21.7. The van der Waals surface area contributed by atoms with Crippen LogP contribution >= 0.6 is 0 Å². The molecule has 0 radical (unpaired) electrons. The second-order valence-electron chi connectivity index (χ2n) is 10.6. The summed E-state index contributed by atoms with van der Waals surface area (Å²) in [5.74, 6) is 2.31. The Morgan fingerprint density at radius 2 is 1.36 bits per heavy atom. The van der Waals surface area contributed by atoms with Gasteiger partial charge in [-0.25, -0.2) is 0 Å². The van der Waals surface area contributed by atoms with Gasteiger partial charge in [0.25, 0.3) is 0 Å². The van der Waals surface area contributed by atoms with E-state index in [-0.39, 0.29) is 11.6 Å². The molecule has 1 aromatic carbocycles. The number of rotatable bonds is 13. The molecule has 0 fully saturated rings. The lowest BCUT2D eigenvalue weighted by Crippen LogP contribution is -2.19. The van der Waals surface area contributed by atoms with Crippen molar-refractivity contribution in [2.45, 2.75) is 92.9 Å². The van der Waals surface area contributed by atoms with Crippen LogP contribution in [-0.4, -0.2) is 11.6 Å². The van der Waals surface area contributed by atoms with Crippen molar-refractivity contribution in [3.05, 3.63) is 70.3 Å². The van der Waals surface area contributed by atoms with Crippen LogP contribution in [0.5, 0.6) is 0 Å². The van der Waals surface area contributed by atoms with Crippen molar-refractivity contribution in [1.29, 1.82) is 0 Å². The van der Waals surface area contributed by atoms with Gasteiger partial charge in [0.05, 0.1) is 0 Å². The molecule has 1 aromatic rings. The highest BCUT2D eigenvalue weighted by molar-refractivity contribution is 6.27. The van der Waals surface area contributed by atoms with Crippen molar-refractivity contribution in [2.75, 3.05) is 0 Å². The molecule has 0 spiro atoms. The average molecular weight is 449 g/mol. The summed E-state index contributed by atoms with van der Waals surface area (Å²) in [5, 5.41) is 0. The quantitative estimate of drug-likeness (QED) is 0.282. The lowest BCUT2D eigenvalue weighted by molar-refractivity contribution is 0.0978. The Morgan fingerprint density at radius 1 is 0.818 bits per heavy atom. The van der Waals surface area contributed by atoms with Gasteiger partial charge in [0.2, 0.25) is 0 Å². The van der Waals surface area contributed by atoms with E-state index in [1.807, 2.05) is 18.2 Å². The molecule has 0 aromatic heterocycles. The van der Waals surface area contributed by atoms with E-state index in [1.54, 1.807) is 25.1 Å². The first-order valence-corrected chi connectivity index (χ1v) is 12.9. The molecule has 1 aliphatic rings. The van der Waals surface area contributed by atoms with E-state index in [0.29, 0.717) is 22.3 Å². The first kappa shape index (κ1) is 27.0. The highest BCUT2D eigenvalue weighted by Gasteiger charge is 2.27. The number of hydrogen-bond acceptors (Lipinski definition) is 2. The Kier molecular flexibility index (Phi) is 11.0. The summed E-state index contributed by atoms with van der Waals surface area (Å²) in [6, 6.07) is 7.10. The van der Waals surface area contributed by atoms with Crippen LogP contribution in [-0.2, 0) is 0 Å². The number of benzene rings is 1. The van der Waals surface area contributed by atoms with E-state index in [4.69, 9.17) is 0 Å². The second-order valence-corrected chi connectivity index (χ2v) is 10.6. The van der Waals surface area contributed by atoms with Crippen LogP contribution < -0.4 is 0 Å². The topological polar surface area (TPSA) is 34.1 Å². The van der Waals surface area contributed by atoms with Gasteiger partial charge >= 0.3 is 0 Å². The van der Waals surface area contributed by atoms with Crippen LogP contribution in [0.2, 0.25) is 0 Å². The second kappa shape index (κ2) is 13.5. The Bertz CT molecular complexity index is 897. The van der Waals surface area contributed by atoms with Gasteiger partial charge in [0, 0.05) is 22.3 Å². The van der Waals surface area contributed by atoms with Crippen LogP contribution in [0, 0.1) is 17.8 Å². The van der Waals surface area contributed by atoms with Gasteiger partial charge in [-0.3, -0.25) is 9.59 Å². The monoisotopic (exact) mass is 448 g/mol. The van der Waals surface area contributed by atoms with Crippen LogP contribution in [0.4, 0.5) is 0 Å². The fourth-order valence-electron chi connectivity index (χ4n) is 4.58. The maximum absolute atomic E-state index is 12.8. The number of Topliss-reactive ketones (excluding diaryl/α,β-unsaturated/α-hetero) is 2. The normalized spacial score (nSPS) is 16.6. The fourth-order valence-corrected chi connectivity index (χ4v) is 4.58. The van der Waals surface area contributed by atoms with E-state index >= 15 is 0 Å². The molecule has 2 atom stereocenters. The molecular weight excluding hydrogens is 404 g/mol. The minimum absolute atomic E-state index is 0.0467. The molecule has 2 unspecified atom stereocenters. The van der Waals surface area contributed by atoms with Crippen molar-refractivity contribution >= 4 is 11.6 Å². The number of carbonyl (C=O) groups is 2. The average Bonchev–Trinajstić information content (AvgIpc) is 2.77. The van der Waals surface area contributed by atoms with Gasteiger partial charge in [0.15, 0.2) is 11.6 Å². The third kappa shape index (κ3) is 8.57. The number of ketones is 2. The molecular formula is C31H44O2. The highest BCUT2D eigenvalue weighted by Crippen LogP contribution is 2.27. The lowest BCUT2D eigenvalue weighted by Gasteiger charge is -2.16. The smallest absolute Gasteiger partial charge is 0.194 e. The molecule has 0 saturated heterocycles. The van der Waals surface area contributed by atoms with Crippen LogP contribution in [0.3, 0.4) is 0 Å². The maximum atomic E-state index is 12.8. The summed E-state index contributed by atoms with van der Waals surface area (Å²) in [7, 11) is 0. The van der Waals surface area contributed by atoms with E-state index < -0.39 is 0 Å². The molecule has 0 aliphatic heterocycles. The molecule has 0 heterocycles. The van der Waals surface area contributed by atoms with Crippen molar-refractivity contribution in [2.24, 2.45) is 17.8 Å². The van der Waals surface area contributed by atoms with Crippen LogP contribution in [0.15, 0.2) is 59.2 Å². The summed E-state index contributed by atoms with van der Waals surface area (Å²) in [6.45, 7) is 13.2. The van der Waals surface area contributed by atoms with Gasteiger partial charge in [-0.15, -0.1) is 0 Å².